The van der Waals surface area contributed by atoms with E-state index in [1.165, 1.54) is 128 Å². The molecule has 3 N–H and O–H groups in total. The normalized spacial score (nSPS) is 14.1. The fourth-order valence-corrected chi connectivity index (χ4v) is 6.91. The summed E-state index contributed by atoms with van der Waals surface area (Å²) < 4.78 is 32.7. The Morgan fingerprint density at radius 2 is 0.927 bits per heavy atom. The molecular weight excluding hydrogens is 719 g/mol. The van der Waals surface area contributed by atoms with E-state index in [0.29, 0.717) is 12.8 Å². The second-order valence-electron chi connectivity index (χ2n) is 15.1. The number of hydrogen-bond donors (Lipinski definition) is 3. The summed E-state index contributed by atoms with van der Waals surface area (Å²) in [6, 6.07) is 0. The first-order valence-corrected chi connectivity index (χ1v) is 23.8. The van der Waals surface area contributed by atoms with Crippen molar-refractivity contribution >= 4 is 19.8 Å². The molecule has 0 amide bonds. The van der Waals surface area contributed by atoms with Crippen molar-refractivity contribution in [2.75, 3.05) is 26.4 Å². The maximum atomic E-state index is 12.6. The van der Waals surface area contributed by atoms with Crippen molar-refractivity contribution in [3.8, 4) is 0 Å². The van der Waals surface area contributed by atoms with Crippen molar-refractivity contribution in [3.63, 3.8) is 0 Å². The molecule has 0 spiro atoms. The van der Waals surface area contributed by atoms with Gasteiger partial charge in [-0.25, -0.2) is 4.57 Å². The van der Waals surface area contributed by atoms with Crippen LogP contribution in [0, 0.1) is 0 Å². The van der Waals surface area contributed by atoms with Gasteiger partial charge in [0, 0.05) is 12.8 Å². The van der Waals surface area contributed by atoms with Crippen LogP contribution in [0.2, 0.25) is 0 Å². The maximum absolute atomic E-state index is 12.6. The minimum absolute atomic E-state index is 0.160. The predicted octanol–water partition coefficient (Wildman–Crippen LogP) is 11.8. The fourth-order valence-electron chi connectivity index (χ4n) is 6.12. The van der Waals surface area contributed by atoms with Gasteiger partial charge in [0.05, 0.1) is 19.8 Å². The van der Waals surface area contributed by atoms with Gasteiger partial charge in [-0.3, -0.25) is 18.6 Å². The highest BCUT2D eigenvalue weighted by Gasteiger charge is 2.27. The molecule has 0 saturated carbocycles. The Kier molecular flexibility index (Phi) is 39.5. The average Bonchev–Trinajstić information content (AvgIpc) is 3.17. The second kappa shape index (κ2) is 40.6. The molecule has 0 radical (unpaired) electrons. The minimum Gasteiger partial charge on any atom is -0.462 e. The number of carbonyl (C=O) groups excluding carboxylic acids is 2. The smallest absolute Gasteiger partial charge is 0.462 e. The van der Waals surface area contributed by atoms with Crippen LogP contribution in [-0.4, -0.2) is 65.7 Å². The van der Waals surface area contributed by atoms with Crippen molar-refractivity contribution in [3.05, 3.63) is 24.3 Å². The van der Waals surface area contributed by atoms with Crippen LogP contribution in [-0.2, 0) is 32.7 Å². The van der Waals surface area contributed by atoms with Gasteiger partial charge in [-0.05, 0) is 51.4 Å². The van der Waals surface area contributed by atoms with Crippen LogP contribution in [0.4, 0.5) is 0 Å². The third-order valence-electron chi connectivity index (χ3n) is 9.59. The molecule has 0 aliphatic rings. The Bertz CT molecular complexity index is 972. The van der Waals surface area contributed by atoms with Crippen LogP contribution in [0.15, 0.2) is 24.3 Å². The number of unbranched alkanes of at least 4 members (excludes halogenated alkanes) is 24. The molecule has 11 heteroatoms. The molecule has 0 fully saturated rings. The number of hydrogen-bond acceptors (Lipinski definition) is 9. The second-order valence-corrected chi connectivity index (χ2v) is 16.5. The lowest BCUT2D eigenvalue weighted by Crippen LogP contribution is -2.29. The highest BCUT2D eigenvalue weighted by Crippen LogP contribution is 2.43. The lowest BCUT2D eigenvalue weighted by Gasteiger charge is -2.20. The van der Waals surface area contributed by atoms with Gasteiger partial charge < -0.3 is 24.6 Å². The van der Waals surface area contributed by atoms with Crippen LogP contribution in [0.3, 0.4) is 0 Å². The first kappa shape index (κ1) is 53.5. The summed E-state index contributed by atoms with van der Waals surface area (Å²) in [4.78, 5) is 35.0. The van der Waals surface area contributed by atoms with Crippen molar-refractivity contribution < 1.29 is 47.8 Å². The summed E-state index contributed by atoms with van der Waals surface area (Å²) in [5, 5.41) is 18.3. The van der Waals surface area contributed by atoms with Gasteiger partial charge in [0.1, 0.15) is 12.7 Å². The number of aliphatic hydroxyl groups is 2. The van der Waals surface area contributed by atoms with E-state index >= 15 is 0 Å². The number of rotatable bonds is 42. The zero-order valence-corrected chi connectivity index (χ0v) is 36.0. The molecule has 10 nitrogen and oxygen atoms in total. The largest absolute Gasteiger partial charge is 0.472 e. The molecule has 0 aromatic carbocycles. The Labute approximate surface area is 336 Å². The van der Waals surface area contributed by atoms with E-state index in [1.807, 2.05) is 6.08 Å². The van der Waals surface area contributed by atoms with Crippen molar-refractivity contribution in [2.45, 2.75) is 219 Å². The molecule has 0 heterocycles. The molecule has 3 atom stereocenters. The summed E-state index contributed by atoms with van der Waals surface area (Å²) in [5.74, 6) is -0.980. The first-order chi connectivity index (χ1) is 26.7. The molecule has 0 bridgehead atoms. The number of esters is 2. The first-order valence-electron chi connectivity index (χ1n) is 22.3. The third-order valence-corrected chi connectivity index (χ3v) is 10.5. The van der Waals surface area contributed by atoms with E-state index in [9.17, 15) is 24.2 Å². The van der Waals surface area contributed by atoms with Crippen LogP contribution in [0.5, 0.6) is 0 Å². The molecular formula is C44H83O10P. The van der Waals surface area contributed by atoms with Crippen molar-refractivity contribution in [2.24, 2.45) is 0 Å². The van der Waals surface area contributed by atoms with Crippen LogP contribution < -0.4 is 0 Å². The number of allylic oxidation sites excluding steroid dienone is 4. The lowest BCUT2D eigenvalue weighted by atomic mass is 10.1. The SMILES string of the molecule is CCCCCCCC/C=C/CCCCCCCCCC(=O)O[C@H](COC(=O)CC/C=C/CCCCCCCCCCCCC)COP(=O)(O)OC[C@@H](O)CO. The minimum atomic E-state index is -4.62. The van der Waals surface area contributed by atoms with E-state index in [4.69, 9.17) is 19.1 Å². The summed E-state index contributed by atoms with van der Waals surface area (Å²) >= 11 is 0. The van der Waals surface area contributed by atoms with Gasteiger partial charge in [0.25, 0.3) is 0 Å². The van der Waals surface area contributed by atoms with Crippen LogP contribution >= 0.6 is 7.82 Å². The Hall–Kier alpha value is -1.55. The molecule has 0 aromatic heterocycles. The van der Waals surface area contributed by atoms with Gasteiger partial charge >= 0.3 is 19.8 Å². The van der Waals surface area contributed by atoms with Gasteiger partial charge in [-0.1, -0.05) is 167 Å². The summed E-state index contributed by atoms with van der Waals surface area (Å²) in [6.07, 6.45) is 40.1. The monoisotopic (exact) mass is 803 g/mol. The zero-order valence-electron chi connectivity index (χ0n) is 35.2. The quantitative estimate of drug-likeness (QED) is 0.0236. The highest BCUT2D eigenvalue weighted by molar-refractivity contribution is 7.47. The fraction of sp³-hybridized carbons (Fsp3) is 0.864. The maximum Gasteiger partial charge on any atom is 0.472 e. The van der Waals surface area contributed by atoms with E-state index < -0.39 is 51.8 Å². The summed E-state index contributed by atoms with van der Waals surface area (Å²) in [7, 11) is -4.62. The van der Waals surface area contributed by atoms with Gasteiger partial charge in [0.15, 0.2) is 6.10 Å². The van der Waals surface area contributed by atoms with Gasteiger partial charge in [-0.15, -0.1) is 0 Å². The van der Waals surface area contributed by atoms with Gasteiger partial charge in [-0.2, -0.15) is 0 Å². The van der Waals surface area contributed by atoms with E-state index in [0.717, 1.165) is 38.5 Å². The van der Waals surface area contributed by atoms with Crippen LogP contribution in [0.1, 0.15) is 206 Å². The molecule has 324 valence electrons. The average molecular weight is 803 g/mol. The molecule has 0 aromatic rings. The summed E-state index contributed by atoms with van der Waals surface area (Å²) in [6.45, 7) is 2.35. The Morgan fingerprint density at radius 3 is 1.38 bits per heavy atom. The molecule has 1 unspecified atom stereocenters. The van der Waals surface area contributed by atoms with Crippen molar-refractivity contribution in [1.82, 2.24) is 0 Å². The predicted molar refractivity (Wildman–Crippen MR) is 224 cm³/mol. The molecule has 0 aliphatic heterocycles. The van der Waals surface area contributed by atoms with Crippen LogP contribution in [0.25, 0.3) is 0 Å². The number of aliphatic hydroxyl groups excluding tert-OH is 2. The number of phosphoric acid groups is 1. The van der Waals surface area contributed by atoms with E-state index in [1.54, 1.807) is 0 Å². The number of carbonyl (C=O) groups is 2. The van der Waals surface area contributed by atoms with Gasteiger partial charge in [0.2, 0.25) is 0 Å². The number of ether oxygens (including phenoxy) is 2. The topological polar surface area (TPSA) is 149 Å². The molecule has 0 aliphatic carbocycles. The zero-order chi connectivity index (χ0) is 40.5. The van der Waals surface area contributed by atoms with E-state index in [2.05, 4.69) is 36.6 Å². The molecule has 55 heavy (non-hydrogen) atoms. The summed E-state index contributed by atoms with van der Waals surface area (Å²) in [5.41, 5.74) is 0. The standard InChI is InChI=1S/C44H83O10P/c1-3-5-7-9-11-13-15-17-19-20-22-24-26-28-30-32-34-36-44(48)54-42(40-53-55(49,50)52-38-41(46)37-45)39-51-43(47)35-33-31-29-27-25-23-21-18-16-14-12-10-8-6-4-2/h17,19,29,31,41-42,45-46H,3-16,18,20-28,30,32-40H2,1-2H3,(H,49,50)/b19-17+,31-29+/t41-,42+/m0/s1. The number of phosphoric ester groups is 1. The van der Waals surface area contributed by atoms with Crippen molar-refractivity contribution in [1.29, 1.82) is 0 Å². The Morgan fingerprint density at radius 1 is 0.527 bits per heavy atom. The molecule has 0 rings (SSSR count). The highest BCUT2D eigenvalue weighted by atomic mass is 31.2. The third kappa shape index (κ3) is 40.4. The lowest BCUT2D eigenvalue weighted by molar-refractivity contribution is -0.161. The Balaban J connectivity index is 4.31. The molecule has 0 saturated heterocycles. The van der Waals surface area contributed by atoms with E-state index in [-0.39, 0.29) is 19.4 Å².